The van der Waals surface area contributed by atoms with E-state index in [1.807, 2.05) is 24.1 Å². The number of rotatable bonds is 9. The SMILES string of the molecule is CCc1nc(-c2cnn(C)c2CN(N)/C=C(\N)CC2CC2)ncc1OC1CCCCC1.O=CO. The molecule has 10 heteroatoms. The second kappa shape index (κ2) is 12.4. The fourth-order valence-electron chi connectivity index (χ4n) is 4.23. The first kappa shape index (κ1) is 25.5. The van der Waals surface area contributed by atoms with Gasteiger partial charge in [-0.05, 0) is 57.3 Å². The Balaban J connectivity index is 0.00000103. The summed E-state index contributed by atoms with van der Waals surface area (Å²) in [6.07, 6.45) is 16.0. The molecule has 0 amide bonds. The fourth-order valence-corrected chi connectivity index (χ4v) is 4.23. The van der Waals surface area contributed by atoms with Crippen LogP contribution in [0.4, 0.5) is 0 Å². The van der Waals surface area contributed by atoms with Crippen LogP contribution in [0, 0.1) is 5.92 Å². The largest absolute Gasteiger partial charge is 0.487 e. The maximum Gasteiger partial charge on any atom is 0.290 e. The van der Waals surface area contributed by atoms with Crippen LogP contribution in [0.3, 0.4) is 0 Å². The van der Waals surface area contributed by atoms with Gasteiger partial charge in [-0.15, -0.1) is 0 Å². The van der Waals surface area contributed by atoms with E-state index in [4.69, 9.17) is 31.2 Å². The van der Waals surface area contributed by atoms with Gasteiger partial charge in [-0.1, -0.05) is 13.3 Å². The molecule has 34 heavy (non-hydrogen) atoms. The highest BCUT2D eigenvalue weighted by molar-refractivity contribution is 5.58. The number of carboxylic acid groups (broad SMARTS) is 1. The second-order valence-electron chi connectivity index (χ2n) is 8.99. The van der Waals surface area contributed by atoms with Crippen LogP contribution in [0.25, 0.3) is 11.4 Å². The van der Waals surface area contributed by atoms with Gasteiger partial charge in [0.05, 0.1) is 42.0 Å². The molecule has 4 rings (SSSR count). The molecule has 5 N–H and O–H groups in total. The van der Waals surface area contributed by atoms with E-state index in [0.717, 1.165) is 60.0 Å². The van der Waals surface area contributed by atoms with Crippen LogP contribution in [0.15, 0.2) is 24.3 Å². The number of hydrogen-bond donors (Lipinski definition) is 3. The molecule has 2 fully saturated rings. The van der Waals surface area contributed by atoms with Gasteiger partial charge in [0.25, 0.3) is 6.47 Å². The minimum Gasteiger partial charge on any atom is -0.487 e. The molecule has 0 radical (unpaired) electrons. The van der Waals surface area contributed by atoms with Crippen molar-refractivity contribution >= 4 is 6.47 Å². The molecule has 2 aliphatic rings. The van der Waals surface area contributed by atoms with Crippen LogP contribution in [0.1, 0.15) is 69.7 Å². The first-order valence-electron chi connectivity index (χ1n) is 12.0. The van der Waals surface area contributed by atoms with Crippen molar-refractivity contribution in [3.8, 4) is 17.1 Å². The Morgan fingerprint density at radius 1 is 1.26 bits per heavy atom. The number of aromatic nitrogens is 4. The van der Waals surface area contributed by atoms with Gasteiger partial charge in [0, 0.05) is 18.9 Å². The van der Waals surface area contributed by atoms with Crippen LogP contribution >= 0.6 is 0 Å². The number of ether oxygens (including phenoxy) is 1. The van der Waals surface area contributed by atoms with Crippen molar-refractivity contribution < 1.29 is 14.6 Å². The Morgan fingerprint density at radius 2 is 1.97 bits per heavy atom. The summed E-state index contributed by atoms with van der Waals surface area (Å²) in [5, 5.41) is 12.9. The average Bonchev–Trinajstić information content (AvgIpc) is 3.56. The fraction of sp³-hybridized carbons (Fsp3) is 0.583. The summed E-state index contributed by atoms with van der Waals surface area (Å²) in [5.41, 5.74) is 9.72. The van der Waals surface area contributed by atoms with Crippen molar-refractivity contribution in [2.45, 2.75) is 77.4 Å². The molecule has 10 nitrogen and oxygen atoms in total. The molecule has 2 aromatic rings. The molecule has 2 saturated carbocycles. The summed E-state index contributed by atoms with van der Waals surface area (Å²) in [6, 6.07) is 0. The van der Waals surface area contributed by atoms with Gasteiger partial charge in [-0.25, -0.2) is 15.8 Å². The van der Waals surface area contributed by atoms with Crippen molar-refractivity contribution in [2.24, 2.45) is 24.5 Å². The molecule has 0 atom stereocenters. The minimum atomic E-state index is -0.250. The van der Waals surface area contributed by atoms with Crippen LogP contribution < -0.4 is 16.3 Å². The number of nitrogens with zero attached hydrogens (tertiary/aromatic N) is 5. The van der Waals surface area contributed by atoms with E-state index in [-0.39, 0.29) is 12.6 Å². The average molecular weight is 472 g/mol. The lowest BCUT2D eigenvalue weighted by molar-refractivity contribution is -0.122. The predicted molar refractivity (Wildman–Crippen MR) is 129 cm³/mol. The van der Waals surface area contributed by atoms with E-state index in [2.05, 4.69) is 17.0 Å². The van der Waals surface area contributed by atoms with E-state index >= 15 is 0 Å². The van der Waals surface area contributed by atoms with Crippen molar-refractivity contribution in [1.29, 1.82) is 0 Å². The van der Waals surface area contributed by atoms with E-state index < -0.39 is 0 Å². The number of carbonyl (C=O) groups is 1. The third-order valence-electron chi connectivity index (χ3n) is 6.20. The molecule has 186 valence electrons. The zero-order valence-electron chi connectivity index (χ0n) is 20.2. The van der Waals surface area contributed by atoms with E-state index in [1.54, 1.807) is 11.2 Å². The molecular weight excluding hydrogens is 434 g/mol. The number of hydrogen-bond acceptors (Lipinski definition) is 8. The zero-order chi connectivity index (χ0) is 24.5. The third-order valence-corrected chi connectivity index (χ3v) is 6.20. The summed E-state index contributed by atoms with van der Waals surface area (Å²) < 4.78 is 8.07. The third kappa shape index (κ3) is 7.18. The molecular formula is C24H37N7O3. The van der Waals surface area contributed by atoms with Gasteiger partial charge in [-0.2, -0.15) is 5.10 Å². The Hall–Kier alpha value is -3.14. The topological polar surface area (TPSA) is 145 Å². The summed E-state index contributed by atoms with van der Waals surface area (Å²) in [7, 11) is 1.91. The highest BCUT2D eigenvalue weighted by atomic mass is 16.5. The molecule has 0 bridgehead atoms. The summed E-state index contributed by atoms with van der Waals surface area (Å²) in [4.78, 5) is 17.8. The quantitative estimate of drug-likeness (QED) is 0.285. The molecule has 0 saturated heterocycles. The smallest absolute Gasteiger partial charge is 0.290 e. The van der Waals surface area contributed by atoms with E-state index in [1.165, 1.54) is 32.1 Å². The molecule has 0 spiro atoms. The first-order valence-corrected chi connectivity index (χ1v) is 12.0. The number of aryl methyl sites for hydroxylation is 2. The van der Waals surface area contributed by atoms with Crippen molar-refractivity contribution in [2.75, 3.05) is 0 Å². The Labute approximate surface area is 201 Å². The molecule has 0 aliphatic heterocycles. The van der Waals surface area contributed by atoms with Crippen LogP contribution in [-0.2, 0) is 24.8 Å². The van der Waals surface area contributed by atoms with Gasteiger partial charge in [0.15, 0.2) is 11.6 Å². The summed E-state index contributed by atoms with van der Waals surface area (Å²) >= 11 is 0. The minimum absolute atomic E-state index is 0.250. The van der Waals surface area contributed by atoms with Crippen molar-refractivity contribution in [3.05, 3.63) is 35.7 Å². The monoisotopic (exact) mass is 471 g/mol. The summed E-state index contributed by atoms with van der Waals surface area (Å²) in [5.74, 6) is 8.42. The van der Waals surface area contributed by atoms with Crippen molar-refractivity contribution in [3.63, 3.8) is 0 Å². The molecule has 0 unspecified atom stereocenters. The lowest BCUT2D eigenvalue weighted by Gasteiger charge is -2.23. The van der Waals surface area contributed by atoms with Gasteiger partial charge >= 0.3 is 0 Å². The summed E-state index contributed by atoms with van der Waals surface area (Å²) in [6.45, 7) is 2.32. The Bertz CT molecular complexity index is 965. The molecule has 2 aromatic heterocycles. The van der Waals surface area contributed by atoms with Gasteiger partial charge in [-0.3, -0.25) is 9.48 Å². The first-order chi connectivity index (χ1) is 16.4. The maximum atomic E-state index is 8.36. The van der Waals surface area contributed by atoms with Crippen LogP contribution in [-0.4, -0.2) is 42.4 Å². The van der Waals surface area contributed by atoms with Crippen LogP contribution in [0.2, 0.25) is 0 Å². The highest BCUT2D eigenvalue weighted by Gasteiger charge is 2.22. The Kier molecular flexibility index (Phi) is 9.26. The lowest BCUT2D eigenvalue weighted by atomic mass is 9.98. The van der Waals surface area contributed by atoms with Crippen molar-refractivity contribution in [1.82, 2.24) is 24.8 Å². The van der Waals surface area contributed by atoms with Crippen LogP contribution in [0.5, 0.6) is 5.75 Å². The molecule has 2 aliphatic carbocycles. The second-order valence-corrected chi connectivity index (χ2v) is 8.99. The van der Waals surface area contributed by atoms with Gasteiger partial charge in [0.1, 0.15) is 0 Å². The highest BCUT2D eigenvalue weighted by Crippen LogP contribution is 2.34. The normalized spacial score (nSPS) is 16.5. The zero-order valence-corrected chi connectivity index (χ0v) is 20.2. The molecule has 0 aromatic carbocycles. The van der Waals surface area contributed by atoms with E-state index in [0.29, 0.717) is 12.4 Å². The number of hydrazine groups is 1. The Morgan fingerprint density at radius 3 is 2.62 bits per heavy atom. The maximum absolute atomic E-state index is 8.36. The number of allylic oxidation sites excluding steroid dienone is 1. The molecule has 2 heterocycles. The lowest BCUT2D eigenvalue weighted by Crippen LogP contribution is -2.27. The predicted octanol–water partition coefficient (Wildman–Crippen LogP) is 3.13. The van der Waals surface area contributed by atoms with Gasteiger partial charge < -0.3 is 20.6 Å². The number of nitrogens with two attached hydrogens (primary N) is 2. The van der Waals surface area contributed by atoms with E-state index in [9.17, 15) is 0 Å². The van der Waals surface area contributed by atoms with Gasteiger partial charge in [0.2, 0.25) is 0 Å². The standard InChI is InChI=1S/C23H35N7O.CH2O2/c1-3-20-22(31-18-7-5-4-6-8-18)13-26-23(28-20)19-12-27-29(2)21(19)15-30(25)14-17(24)11-16-9-10-16;2-1-3/h12-14,16,18H,3-11,15,24-25H2,1-2H3;1H,(H,2,3)/b17-14-;.